The van der Waals surface area contributed by atoms with E-state index in [9.17, 15) is 105 Å². The second-order valence-electron chi connectivity index (χ2n) is 28.8. The van der Waals surface area contributed by atoms with E-state index in [-0.39, 0.29) is 121 Å². The number of anilines is 1. The zero-order valence-corrected chi connectivity index (χ0v) is 71.2. The second-order valence-corrected chi connectivity index (χ2v) is 39.2. The Balaban J connectivity index is 0.737. The summed E-state index contributed by atoms with van der Waals surface area (Å²) in [7, 11) is -35.4. The molecule has 1 fully saturated rings. The number of aliphatic hydroxyl groups is 2. The van der Waals surface area contributed by atoms with Gasteiger partial charge in [0.05, 0.1) is 105 Å². The summed E-state index contributed by atoms with van der Waals surface area (Å²) in [6, 6.07) is 16.3. The van der Waals surface area contributed by atoms with Crippen molar-refractivity contribution in [2.24, 2.45) is 0 Å². The Bertz CT molecular complexity index is 5260. The number of aryl methyl sites for hydroxylation is 1. The Morgan fingerprint density at radius 2 is 1.28 bits per heavy atom. The van der Waals surface area contributed by atoms with Crippen molar-refractivity contribution in [2.45, 2.75) is 137 Å². The lowest BCUT2D eigenvalue weighted by molar-refractivity contribution is -0.437. The molecule has 3 aromatic carbocycles. The molecule has 0 bridgehead atoms. The van der Waals surface area contributed by atoms with Gasteiger partial charge in [-0.15, -0.1) is 0 Å². The summed E-state index contributed by atoms with van der Waals surface area (Å²) < 4.78 is 221. The standard InChI is InChI=1S/C72H99N6O34P3S4/c1-71(2)56-45-54(118(98,99)100)22-24-58(56)76(31-9-43-116(92,93)94)61(71)26-20-50-12-7-13-51(21-27-62-72(3,4)57-46-55(119(101,102)103)23-25-59(57)77(62)32-10-44-117(95,96)97)65(50)52-18-16-49(17-19-52)11-5-6-15-63(79)74-30-34-105-36-38-107-40-42-108-41-39-106-37-35-104-33-28-64(80)73-29-8-14-53-47-78(70(84)75-68(53)83)69-67(82)66(81)60(110-69)48-109-114(88,89)112-115(90,91)111-113(85,86)87/h8,14,16-27,45-47,60,66-67,69,81-82H,5-7,9-13,15,28-44,48H2,1-4H3,(H10-,73,74,75,79,80,83,84,85,86,87,88,89,90,91,92,93,94,95,96,97,98,99,100,101,102,103)/b14-8+/t60-,66-,67-,69-/m1/s1. The number of phosphoric acid groups is 3. The van der Waals surface area contributed by atoms with E-state index in [4.69, 9.17) is 38.2 Å². The van der Waals surface area contributed by atoms with E-state index >= 15 is 0 Å². The van der Waals surface area contributed by atoms with Gasteiger partial charge in [0, 0.05) is 79.6 Å². The number of carbonyl (C=O) groups is 2. The average molecular weight is 1810 g/mol. The number of phosphoric ester groups is 1. The van der Waals surface area contributed by atoms with Crippen LogP contribution >= 0.6 is 23.5 Å². The maximum absolute atomic E-state index is 12.8. The molecular formula is C72H99N6O34P3S4. The molecule has 1 aliphatic carbocycles. The summed E-state index contributed by atoms with van der Waals surface area (Å²) in [5.74, 6) is -1.64. The molecule has 4 heterocycles. The Morgan fingerprint density at radius 1 is 0.672 bits per heavy atom. The molecule has 0 spiro atoms. The van der Waals surface area contributed by atoms with Crippen LogP contribution in [0, 0.1) is 0 Å². The Kier molecular flexibility index (Phi) is 34.9. The monoisotopic (exact) mass is 1810 g/mol. The van der Waals surface area contributed by atoms with Gasteiger partial charge < -0.3 is 78.3 Å². The highest BCUT2D eigenvalue weighted by Gasteiger charge is 2.49. The topological polar surface area (TPSA) is 595 Å². The number of aromatic nitrogens is 2. The normalized spacial score (nSPS) is 20.1. The lowest BCUT2D eigenvalue weighted by Gasteiger charge is -2.27. The summed E-state index contributed by atoms with van der Waals surface area (Å²) in [5.41, 5.74) is 4.05. The molecule has 119 heavy (non-hydrogen) atoms. The number of aromatic amines is 1. The number of aliphatic hydroxyl groups excluding tert-OH is 2. The lowest BCUT2D eigenvalue weighted by Crippen LogP contribution is -2.38. The molecule has 6 atom stereocenters. The van der Waals surface area contributed by atoms with Crippen molar-refractivity contribution in [3.8, 4) is 0 Å². The largest absolute Gasteiger partial charge is 0.744 e. The predicted molar refractivity (Wildman–Crippen MR) is 427 cm³/mol. The fourth-order valence-corrected chi connectivity index (χ4v) is 18.7. The first-order chi connectivity index (χ1) is 55.6. The van der Waals surface area contributed by atoms with Gasteiger partial charge in [-0.05, 0) is 129 Å². The number of hydrogen-bond donors (Lipinski definition) is 12. The van der Waals surface area contributed by atoms with Crippen LogP contribution in [0.25, 0.3) is 11.6 Å². The first-order valence-electron chi connectivity index (χ1n) is 37.4. The zero-order chi connectivity index (χ0) is 87.5. The maximum atomic E-state index is 12.8. The summed E-state index contributed by atoms with van der Waals surface area (Å²) in [6.07, 6.45) is 8.00. The molecule has 2 unspecified atom stereocenters. The van der Waals surface area contributed by atoms with Crippen LogP contribution in [-0.4, -0.2) is 242 Å². The summed E-state index contributed by atoms with van der Waals surface area (Å²) >= 11 is 0. The molecule has 3 aliphatic heterocycles. The molecule has 1 aromatic heterocycles. The number of benzene rings is 3. The van der Waals surface area contributed by atoms with Crippen LogP contribution in [0.2, 0.25) is 0 Å². The maximum Gasteiger partial charge on any atom is 0.490 e. The minimum atomic E-state index is -5.87. The number of carbonyl (C=O) groups excluding carboxylic acids is 2. The van der Waals surface area contributed by atoms with Gasteiger partial charge in [0.1, 0.15) is 35.0 Å². The van der Waals surface area contributed by atoms with Gasteiger partial charge in [0.25, 0.3) is 35.9 Å². The van der Waals surface area contributed by atoms with Crippen LogP contribution in [0.1, 0.15) is 120 Å². The number of unbranched alkanes of at least 4 members (excludes halogenated alkanes) is 1. The molecule has 0 saturated carbocycles. The van der Waals surface area contributed by atoms with Crippen LogP contribution < -0.4 is 26.8 Å². The zero-order valence-electron chi connectivity index (χ0n) is 65.3. The Hall–Kier alpha value is -6.82. The lowest BCUT2D eigenvalue weighted by atomic mass is 9.79. The minimum absolute atomic E-state index is 0.00164. The summed E-state index contributed by atoms with van der Waals surface area (Å²) in [4.78, 5) is 89.9. The van der Waals surface area contributed by atoms with Gasteiger partial charge in [-0.3, -0.25) is 42.1 Å². The Labute approximate surface area is 687 Å². The van der Waals surface area contributed by atoms with E-state index in [1.807, 2.05) is 90.7 Å². The fraction of sp³-hybridized carbons (Fsp3) is 0.514. The van der Waals surface area contributed by atoms with Crippen LogP contribution in [0.4, 0.5) is 11.4 Å². The van der Waals surface area contributed by atoms with E-state index in [0.29, 0.717) is 90.2 Å². The quantitative estimate of drug-likeness (QED) is 0.0125. The molecule has 660 valence electrons. The SMILES string of the molecule is CC1(C)C(/C=C/C2=C(c3ccc(CCCCC(=O)NCCOCCOCCOCCOCCOCCC(=O)NC/C=C/c4cn([C@@H]5O[C@H](COP(=O)(O)OP(=O)(O)OP(=O)(O)O)[C@@H](O)[C@H]5O)c(=O)[nH]c4=O)cc3)C(=C/C=C3/N(CCCS(=O)(=O)O)c4ccc(S(=O)(=O)O)cc4C3(C)C)/CCC2)=[N+](CCCS(=O)(=O)O)c2ccc(S(=O)(=O)[O-])cc21. The summed E-state index contributed by atoms with van der Waals surface area (Å²) in [5, 5.41) is 26.5. The van der Waals surface area contributed by atoms with E-state index in [1.165, 1.54) is 42.5 Å². The average Bonchev–Trinajstić information content (AvgIpc) is 1.59. The smallest absolute Gasteiger partial charge is 0.490 e. The first-order valence-corrected chi connectivity index (χ1v) is 47.9. The van der Waals surface area contributed by atoms with Gasteiger partial charge in [-0.25, -0.2) is 26.9 Å². The number of rotatable bonds is 48. The number of allylic oxidation sites excluding steroid dienone is 8. The van der Waals surface area contributed by atoms with Gasteiger partial charge in [-0.1, -0.05) is 62.4 Å². The molecule has 8 rings (SSSR count). The van der Waals surface area contributed by atoms with Crippen LogP contribution in [0.5, 0.6) is 0 Å². The van der Waals surface area contributed by atoms with E-state index in [2.05, 4.69) is 23.8 Å². The highest BCUT2D eigenvalue weighted by Crippen LogP contribution is 2.66. The van der Waals surface area contributed by atoms with Crippen LogP contribution in [0.15, 0.2) is 133 Å². The van der Waals surface area contributed by atoms with Crippen molar-refractivity contribution < 1.29 is 151 Å². The van der Waals surface area contributed by atoms with Gasteiger partial charge >= 0.3 is 29.2 Å². The number of nitrogens with zero attached hydrogens (tertiary/aromatic N) is 3. The van der Waals surface area contributed by atoms with Crippen molar-refractivity contribution in [2.75, 3.05) is 115 Å². The third-order valence-electron chi connectivity index (χ3n) is 19.3. The molecule has 1 saturated heterocycles. The van der Waals surface area contributed by atoms with Crippen molar-refractivity contribution in [3.05, 3.63) is 163 Å². The summed E-state index contributed by atoms with van der Waals surface area (Å²) in [6.45, 7) is 9.12. The molecule has 4 aromatic rings. The molecule has 0 radical (unpaired) electrons. The number of H-pyrrole nitrogens is 1. The van der Waals surface area contributed by atoms with Crippen molar-refractivity contribution in [3.63, 3.8) is 0 Å². The minimum Gasteiger partial charge on any atom is -0.744 e. The number of ether oxygens (including phenoxy) is 6. The molecule has 12 N–H and O–H groups in total. The predicted octanol–water partition coefficient (Wildman–Crippen LogP) is 4.52. The number of nitrogens with one attached hydrogen (secondary N) is 3. The van der Waals surface area contributed by atoms with Crippen LogP contribution in [-0.2, 0) is 123 Å². The highest BCUT2D eigenvalue weighted by atomic mass is 32.2. The van der Waals surface area contributed by atoms with E-state index in [0.717, 1.165) is 34.0 Å². The van der Waals surface area contributed by atoms with Gasteiger partial charge in [0.2, 0.25) is 17.5 Å². The first kappa shape index (κ1) is 97.6. The second kappa shape index (κ2) is 42.5. The third kappa shape index (κ3) is 29.4. The van der Waals surface area contributed by atoms with Crippen molar-refractivity contribution in [1.82, 2.24) is 20.2 Å². The fourth-order valence-electron chi connectivity index (χ4n) is 13.7. The van der Waals surface area contributed by atoms with Gasteiger partial charge in [0.15, 0.2) is 11.9 Å². The molecule has 2 amide bonds. The molecular weight excluding hydrogens is 1710 g/mol. The third-order valence-corrected chi connectivity index (χ3v) is 26.4. The number of hydrogen-bond acceptors (Lipinski definition) is 28. The molecule has 4 aliphatic rings. The Morgan fingerprint density at radius 3 is 1.90 bits per heavy atom. The van der Waals surface area contributed by atoms with Crippen LogP contribution in [0.3, 0.4) is 0 Å². The van der Waals surface area contributed by atoms with Gasteiger partial charge in [-0.2, -0.15) is 38.5 Å². The van der Waals surface area contributed by atoms with Crippen molar-refractivity contribution in [1.29, 1.82) is 0 Å². The van der Waals surface area contributed by atoms with E-state index < -0.39 is 139 Å². The number of fused-ring (bicyclic) bond motifs is 2. The van der Waals surface area contributed by atoms with E-state index in [1.54, 1.807) is 6.07 Å². The molecule has 47 heteroatoms. The van der Waals surface area contributed by atoms with Crippen molar-refractivity contribution >= 4 is 104 Å². The number of amides is 2. The highest BCUT2D eigenvalue weighted by molar-refractivity contribution is 7.86. The molecule has 40 nitrogen and oxygen atoms in total.